The van der Waals surface area contributed by atoms with Gasteiger partial charge < -0.3 is 9.88 Å². The molecule has 2 aromatic rings. The van der Waals surface area contributed by atoms with E-state index in [0.717, 1.165) is 24.8 Å². The first-order chi connectivity index (χ1) is 10.0. The van der Waals surface area contributed by atoms with Crippen LogP contribution in [0.1, 0.15) is 50.4 Å². The van der Waals surface area contributed by atoms with Crippen LogP contribution in [0.4, 0.5) is 0 Å². The summed E-state index contributed by atoms with van der Waals surface area (Å²) in [6.45, 7) is 8.52. The SMILES string of the molecule is CC(C)(C)c1ccc(Cn2cnc(CNC3CC3)c2)cc1. The van der Waals surface area contributed by atoms with Crippen molar-refractivity contribution in [2.45, 2.75) is 58.2 Å². The van der Waals surface area contributed by atoms with E-state index < -0.39 is 0 Å². The highest BCUT2D eigenvalue weighted by atomic mass is 15.1. The van der Waals surface area contributed by atoms with E-state index in [9.17, 15) is 0 Å². The predicted molar refractivity (Wildman–Crippen MR) is 86.3 cm³/mol. The number of nitrogens with zero attached hydrogens (tertiary/aromatic N) is 2. The molecule has 3 rings (SSSR count). The lowest BCUT2D eigenvalue weighted by atomic mass is 9.87. The normalized spacial score (nSPS) is 15.4. The van der Waals surface area contributed by atoms with Crippen molar-refractivity contribution in [3.8, 4) is 0 Å². The van der Waals surface area contributed by atoms with E-state index in [0.29, 0.717) is 0 Å². The summed E-state index contributed by atoms with van der Waals surface area (Å²) >= 11 is 0. The van der Waals surface area contributed by atoms with Crippen LogP contribution in [0.15, 0.2) is 36.8 Å². The van der Waals surface area contributed by atoms with Gasteiger partial charge in [-0.3, -0.25) is 0 Å². The van der Waals surface area contributed by atoms with Crippen LogP contribution < -0.4 is 5.32 Å². The van der Waals surface area contributed by atoms with Crippen molar-refractivity contribution in [1.82, 2.24) is 14.9 Å². The molecule has 0 radical (unpaired) electrons. The Hall–Kier alpha value is -1.61. The molecule has 0 aliphatic heterocycles. The van der Waals surface area contributed by atoms with E-state index in [-0.39, 0.29) is 5.41 Å². The molecule has 21 heavy (non-hydrogen) atoms. The van der Waals surface area contributed by atoms with Crippen molar-refractivity contribution in [2.24, 2.45) is 0 Å². The average molecular weight is 283 g/mol. The molecule has 3 nitrogen and oxygen atoms in total. The summed E-state index contributed by atoms with van der Waals surface area (Å²) in [7, 11) is 0. The van der Waals surface area contributed by atoms with Gasteiger partial charge in [-0.15, -0.1) is 0 Å². The van der Waals surface area contributed by atoms with E-state index >= 15 is 0 Å². The van der Waals surface area contributed by atoms with Crippen LogP contribution in [0.3, 0.4) is 0 Å². The number of hydrogen-bond donors (Lipinski definition) is 1. The molecule has 0 amide bonds. The van der Waals surface area contributed by atoms with E-state index in [4.69, 9.17) is 0 Å². The Morgan fingerprint density at radius 1 is 1.19 bits per heavy atom. The van der Waals surface area contributed by atoms with Gasteiger partial charge in [0.05, 0.1) is 12.0 Å². The lowest BCUT2D eigenvalue weighted by Crippen LogP contribution is -2.15. The van der Waals surface area contributed by atoms with E-state index in [1.165, 1.54) is 24.0 Å². The van der Waals surface area contributed by atoms with Crippen LogP contribution in [0.5, 0.6) is 0 Å². The van der Waals surface area contributed by atoms with Crippen molar-refractivity contribution >= 4 is 0 Å². The maximum atomic E-state index is 4.47. The summed E-state index contributed by atoms with van der Waals surface area (Å²) in [6, 6.07) is 9.66. The molecular weight excluding hydrogens is 258 g/mol. The number of imidazole rings is 1. The lowest BCUT2D eigenvalue weighted by molar-refractivity contribution is 0.589. The number of benzene rings is 1. The zero-order chi connectivity index (χ0) is 14.9. The topological polar surface area (TPSA) is 29.9 Å². The minimum atomic E-state index is 0.217. The first kappa shape index (κ1) is 14.3. The van der Waals surface area contributed by atoms with Gasteiger partial charge in [-0.25, -0.2) is 4.98 Å². The molecule has 0 atom stereocenters. The van der Waals surface area contributed by atoms with Gasteiger partial charge in [0.1, 0.15) is 0 Å². The second-order valence-electron chi connectivity index (χ2n) is 7.14. The Morgan fingerprint density at radius 2 is 1.90 bits per heavy atom. The Labute approximate surface area is 127 Å². The Kier molecular flexibility index (Phi) is 3.85. The van der Waals surface area contributed by atoms with Crippen LogP contribution in [0, 0.1) is 0 Å². The van der Waals surface area contributed by atoms with Gasteiger partial charge in [-0.1, -0.05) is 45.0 Å². The monoisotopic (exact) mass is 283 g/mol. The van der Waals surface area contributed by atoms with E-state index in [2.05, 4.69) is 66.1 Å². The molecule has 0 bridgehead atoms. The second kappa shape index (κ2) is 5.64. The molecular formula is C18H25N3. The van der Waals surface area contributed by atoms with Crippen LogP contribution in [0.2, 0.25) is 0 Å². The Balaban J connectivity index is 1.60. The molecule has 0 unspecified atom stereocenters. The van der Waals surface area contributed by atoms with Gasteiger partial charge in [0, 0.05) is 25.3 Å². The molecule has 1 N–H and O–H groups in total. The third-order valence-electron chi connectivity index (χ3n) is 4.02. The summed E-state index contributed by atoms with van der Waals surface area (Å²) in [5, 5.41) is 3.50. The number of hydrogen-bond acceptors (Lipinski definition) is 2. The van der Waals surface area contributed by atoms with Crippen LogP contribution in [0.25, 0.3) is 0 Å². The van der Waals surface area contributed by atoms with Gasteiger partial charge >= 0.3 is 0 Å². The molecule has 1 aliphatic carbocycles. The third kappa shape index (κ3) is 3.94. The van der Waals surface area contributed by atoms with Gasteiger partial charge in [-0.05, 0) is 29.4 Å². The van der Waals surface area contributed by atoms with Gasteiger partial charge in [-0.2, -0.15) is 0 Å². The zero-order valence-corrected chi connectivity index (χ0v) is 13.3. The first-order valence-corrected chi connectivity index (χ1v) is 7.84. The van der Waals surface area contributed by atoms with Gasteiger partial charge in [0.25, 0.3) is 0 Å². The van der Waals surface area contributed by atoms with Gasteiger partial charge in [0.15, 0.2) is 0 Å². The molecule has 1 aliphatic rings. The average Bonchev–Trinajstić information content (AvgIpc) is 3.16. The molecule has 1 fully saturated rings. The number of rotatable bonds is 5. The van der Waals surface area contributed by atoms with Crippen molar-refractivity contribution in [3.05, 3.63) is 53.6 Å². The maximum Gasteiger partial charge on any atom is 0.0953 e. The quantitative estimate of drug-likeness (QED) is 0.910. The second-order valence-corrected chi connectivity index (χ2v) is 7.14. The molecule has 0 saturated heterocycles. The zero-order valence-electron chi connectivity index (χ0n) is 13.3. The summed E-state index contributed by atoms with van der Waals surface area (Å²) < 4.78 is 2.16. The van der Waals surface area contributed by atoms with Crippen molar-refractivity contribution in [2.75, 3.05) is 0 Å². The molecule has 0 spiro atoms. The Morgan fingerprint density at radius 3 is 2.52 bits per heavy atom. The van der Waals surface area contributed by atoms with Crippen molar-refractivity contribution in [1.29, 1.82) is 0 Å². The van der Waals surface area contributed by atoms with Crippen LogP contribution >= 0.6 is 0 Å². The van der Waals surface area contributed by atoms with Gasteiger partial charge in [0.2, 0.25) is 0 Å². The minimum absolute atomic E-state index is 0.217. The van der Waals surface area contributed by atoms with Crippen LogP contribution in [-0.4, -0.2) is 15.6 Å². The fourth-order valence-corrected chi connectivity index (χ4v) is 2.44. The highest BCUT2D eigenvalue weighted by molar-refractivity contribution is 5.27. The number of aromatic nitrogens is 2. The first-order valence-electron chi connectivity index (χ1n) is 7.84. The highest BCUT2D eigenvalue weighted by Crippen LogP contribution is 2.22. The maximum absolute atomic E-state index is 4.47. The smallest absolute Gasteiger partial charge is 0.0953 e. The summed E-state index contributed by atoms with van der Waals surface area (Å²) in [5.41, 5.74) is 4.05. The van der Waals surface area contributed by atoms with E-state index in [1.54, 1.807) is 0 Å². The number of nitrogens with one attached hydrogen (secondary N) is 1. The molecule has 1 saturated carbocycles. The Bertz CT molecular complexity index is 586. The largest absolute Gasteiger partial charge is 0.333 e. The van der Waals surface area contributed by atoms with Crippen molar-refractivity contribution in [3.63, 3.8) is 0 Å². The van der Waals surface area contributed by atoms with Crippen LogP contribution in [-0.2, 0) is 18.5 Å². The van der Waals surface area contributed by atoms with Crippen molar-refractivity contribution < 1.29 is 0 Å². The fraction of sp³-hybridized carbons (Fsp3) is 0.500. The third-order valence-corrected chi connectivity index (χ3v) is 4.02. The predicted octanol–water partition coefficient (Wildman–Crippen LogP) is 3.48. The standard InChI is InChI=1S/C18H25N3/c1-18(2,3)15-6-4-14(5-7-15)11-21-12-17(20-13-21)10-19-16-8-9-16/h4-7,12-13,16,19H,8-11H2,1-3H3. The molecule has 1 aromatic heterocycles. The lowest BCUT2D eigenvalue weighted by Gasteiger charge is -2.19. The summed E-state index contributed by atoms with van der Waals surface area (Å²) in [4.78, 5) is 4.47. The molecule has 1 heterocycles. The molecule has 112 valence electrons. The van der Waals surface area contributed by atoms with E-state index in [1.807, 2.05) is 6.33 Å². The summed E-state index contributed by atoms with van der Waals surface area (Å²) in [5.74, 6) is 0. The molecule has 3 heteroatoms. The summed E-state index contributed by atoms with van der Waals surface area (Å²) in [6.07, 6.45) is 6.72. The fourth-order valence-electron chi connectivity index (χ4n) is 2.44. The molecule has 1 aromatic carbocycles. The highest BCUT2D eigenvalue weighted by Gasteiger charge is 2.20. The minimum Gasteiger partial charge on any atom is -0.333 e.